The molecule has 28 heavy (non-hydrogen) atoms. The number of rotatable bonds is 11. The average molecular weight is 473 g/mol. The minimum atomic E-state index is -3.45. The Balaban J connectivity index is 1.72. The highest BCUT2D eigenvalue weighted by molar-refractivity contribution is 9.10. The van der Waals surface area contributed by atoms with Crippen LogP contribution in [0.4, 0.5) is 0 Å². The average Bonchev–Trinajstić information content (AvgIpc) is 2.68. The molecule has 1 fully saturated rings. The van der Waals surface area contributed by atoms with Crippen molar-refractivity contribution >= 4 is 26.0 Å². The molecule has 0 N–H and O–H groups in total. The lowest BCUT2D eigenvalue weighted by Gasteiger charge is -2.34. The van der Waals surface area contributed by atoms with Crippen LogP contribution in [0.2, 0.25) is 0 Å². The highest BCUT2D eigenvalue weighted by Crippen LogP contribution is 2.28. The molecule has 1 saturated carbocycles. The summed E-state index contributed by atoms with van der Waals surface area (Å²) >= 11 is 3.35. The first-order valence-corrected chi connectivity index (χ1v) is 12.2. The van der Waals surface area contributed by atoms with Crippen LogP contribution in [0.5, 0.6) is 0 Å². The molecule has 0 atom stereocenters. The van der Waals surface area contributed by atoms with Crippen LogP contribution >= 0.6 is 15.9 Å². The highest BCUT2D eigenvalue weighted by atomic mass is 79.9. The molecule has 0 spiro atoms. The highest BCUT2D eigenvalue weighted by Gasteiger charge is 2.31. The lowest BCUT2D eigenvalue weighted by Crippen LogP contribution is -2.40. The molecule has 0 heterocycles. The zero-order valence-corrected chi connectivity index (χ0v) is 19.4. The molecule has 1 aliphatic rings. The van der Waals surface area contributed by atoms with Crippen LogP contribution in [0.3, 0.4) is 0 Å². The Labute approximate surface area is 178 Å². The van der Waals surface area contributed by atoms with Crippen molar-refractivity contribution in [3.05, 3.63) is 41.4 Å². The predicted molar refractivity (Wildman–Crippen MR) is 118 cm³/mol. The number of hydrogen-bond donors (Lipinski definition) is 0. The van der Waals surface area contributed by atoms with E-state index in [0.29, 0.717) is 4.90 Å². The Morgan fingerprint density at radius 2 is 1.79 bits per heavy atom. The van der Waals surface area contributed by atoms with E-state index in [0.717, 1.165) is 62.7 Å². The van der Waals surface area contributed by atoms with Crippen molar-refractivity contribution in [2.45, 2.75) is 55.6 Å². The minimum Gasteiger partial charge on any atom is -0.378 e. The first kappa shape index (κ1) is 23.5. The number of hydrogen-bond acceptors (Lipinski definition) is 4. The number of unbranched alkanes of at least 4 members (excludes halogenated alkanes) is 1. The quantitative estimate of drug-likeness (QED) is 0.355. The summed E-state index contributed by atoms with van der Waals surface area (Å²) in [5, 5.41) is 0. The Morgan fingerprint density at radius 3 is 2.39 bits per heavy atom. The van der Waals surface area contributed by atoms with Gasteiger partial charge in [0.15, 0.2) is 0 Å². The number of ether oxygens (including phenoxy) is 1. The second kappa shape index (κ2) is 11.5. The van der Waals surface area contributed by atoms with Crippen molar-refractivity contribution in [1.29, 1.82) is 0 Å². The van der Waals surface area contributed by atoms with Gasteiger partial charge in [0.25, 0.3) is 0 Å². The van der Waals surface area contributed by atoms with Gasteiger partial charge in [-0.3, -0.25) is 0 Å². The van der Waals surface area contributed by atoms with Gasteiger partial charge in [0.2, 0.25) is 10.0 Å². The smallest absolute Gasteiger partial charge is 0.243 e. The fourth-order valence-corrected chi connectivity index (χ4v) is 5.27. The van der Waals surface area contributed by atoms with E-state index in [1.165, 1.54) is 0 Å². The van der Waals surface area contributed by atoms with Crippen LogP contribution in [0.1, 0.15) is 38.5 Å². The Hall–Kier alpha value is -0.730. The van der Waals surface area contributed by atoms with Crippen molar-refractivity contribution < 1.29 is 13.2 Å². The fourth-order valence-electron chi connectivity index (χ4n) is 3.59. The molecule has 2 rings (SSSR count). The second-order valence-corrected chi connectivity index (χ2v) is 10.4. The van der Waals surface area contributed by atoms with E-state index in [1.807, 2.05) is 6.08 Å². The number of nitrogens with zero attached hydrogens (tertiary/aromatic N) is 2. The van der Waals surface area contributed by atoms with Crippen molar-refractivity contribution in [2.24, 2.45) is 0 Å². The molecule has 0 radical (unpaired) electrons. The molecule has 7 heteroatoms. The molecule has 1 aromatic rings. The van der Waals surface area contributed by atoms with Gasteiger partial charge < -0.3 is 9.64 Å². The number of sulfonamides is 1. The summed E-state index contributed by atoms with van der Waals surface area (Å²) < 4.78 is 34.1. The summed E-state index contributed by atoms with van der Waals surface area (Å²) in [7, 11) is 0.347. The monoisotopic (exact) mass is 472 g/mol. The van der Waals surface area contributed by atoms with Crippen LogP contribution in [-0.4, -0.2) is 63.6 Å². The van der Waals surface area contributed by atoms with Gasteiger partial charge in [-0.15, -0.1) is 6.58 Å². The van der Waals surface area contributed by atoms with Gasteiger partial charge >= 0.3 is 0 Å². The molecule has 0 aromatic heterocycles. The van der Waals surface area contributed by atoms with E-state index in [9.17, 15) is 8.42 Å². The third-order valence-electron chi connectivity index (χ3n) is 5.38. The van der Waals surface area contributed by atoms with E-state index >= 15 is 0 Å². The number of benzene rings is 1. The second-order valence-electron chi connectivity index (χ2n) is 7.53. The molecule has 5 nitrogen and oxygen atoms in total. The Morgan fingerprint density at radius 1 is 1.14 bits per heavy atom. The standard InChI is InChI=1S/C21H33BrN2O3S/c1-4-15-23(2)16-5-6-17-27-20-11-9-19(10-12-20)24(3)28(25,26)21-13-7-18(22)8-14-21/h4,7-8,13-14,19-20H,1,5-6,9-12,15-17H2,2-3H3. The van der Waals surface area contributed by atoms with Gasteiger partial charge in [-0.1, -0.05) is 22.0 Å². The largest absolute Gasteiger partial charge is 0.378 e. The van der Waals surface area contributed by atoms with Gasteiger partial charge in [0.05, 0.1) is 11.0 Å². The van der Waals surface area contributed by atoms with Gasteiger partial charge in [0, 0.05) is 30.7 Å². The van der Waals surface area contributed by atoms with Crippen molar-refractivity contribution in [1.82, 2.24) is 9.21 Å². The minimum absolute atomic E-state index is 0.0426. The van der Waals surface area contributed by atoms with Crippen LogP contribution in [0.25, 0.3) is 0 Å². The molecular weight excluding hydrogens is 440 g/mol. The van der Waals surface area contributed by atoms with Gasteiger partial charge in [-0.25, -0.2) is 8.42 Å². The summed E-state index contributed by atoms with van der Waals surface area (Å²) in [5.74, 6) is 0. The maximum Gasteiger partial charge on any atom is 0.243 e. The maximum absolute atomic E-state index is 12.8. The third-order valence-corrected chi connectivity index (χ3v) is 7.83. The van der Waals surface area contributed by atoms with E-state index in [2.05, 4.69) is 34.5 Å². The molecule has 0 unspecified atom stereocenters. The summed E-state index contributed by atoms with van der Waals surface area (Å²) in [6.07, 6.45) is 7.88. The molecule has 1 aliphatic carbocycles. The fraction of sp³-hybridized carbons (Fsp3) is 0.619. The number of halogens is 1. The molecule has 1 aromatic carbocycles. The Kier molecular flexibility index (Phi) is 9.63. The maximum atomic E-state index is 12.8. The molecule has 0 amide bonds. The summed E-state index contributed by atoms with van der Waals surface area (Å²) in [5.41, 5.74) is 0. The summed E-state index contributed by atoms with van der Waals surface area (Å²) in [6, 6.07) is 6.87. The normalized spacial score (nSPS) is 20.6. The van der Waals surface area contributed by atoms with Crippen LogP contribution in [0, 0.1) is 0 Å². The van der Waals surface area contributed by atoms with E-state index in [-0.39, 0.29) is 12.1 Å². The molecule has 0 aliphatic heterocycles. The van der Waals surface area contributed by atoms with Crippen molar-refractivity contribution in [2.75, 3.05) is 33.8 Å². The summed E-state index contributed by atoms with van der Waals surface area (Å²) in [6.45, 7) is 6.51. The first-order chi connectivity index (χ1) is 13.3. The first-order valence-electron chi connectivity index (χ1n) is 9.99. The zero-order chi connectivity index (χ0) is 20.6. The zero-order valence-electron chi connectivity index (χ0n) is 17.0. The van der Waals surface area contributed by atoms with Gasteiger partial charge in [-0.2, -0.15) is 4.31 Å². The van der Waals surface area contributed by atoms with Crippen molar-refractivity contribution in [3.63, 3.8) is 0 Å². The van der Waals surface area contributed by atoms with E-state index in [4.69, 9.17) is 4.74 Å². The van der Waals surface area contributed by atoms with Crippen LogP contribution in [0.15, 0.2) is 46.3 Å². The predicted octanol–water partition coefficient (Wildman–Crippen LogP) is 4.30. The molecular formula is C21H33BrN2O3S. The van der Waals surface area contributed by atoms with Gasteiger partial charge in [0.1, 0.15) is 0 Å². The Bertz CT molecular complexity index is 701. The summed E-state index contributed by atoms with van der Waals surface area (Å²) in [4.78, 5) is 2.60. The number of likely N-dealkylation sites (N-methyl/N-ethyl adjacent to an activating group) is 1. The van der Waals surface area contributed by atoms with Gasteiger partial charge in [-0.05, 0) is 76.4 Å². The molecule has 0 saturated heterocycles. The van der Waals surface area contributed by atoms with Crippen molar-refractivity contribution in [3.8, 4) is 0 Å². The lowest BCUT2D eigenvalue weighted by atomic mass is 9.93. The lowest BCUT2D eigenvalue weighted by molar-refractivity contribution is 0.0153. The van der Waals surface area contributed by atoms with Crippen LogP contribution < -0.4 is 0 Å². The van der Waals surface area contributed by atoms with E-state index < -0.39 is 10.0 Å². The third kappa shape index (κ3) is 6.95. The molecule has 0 bridgehead atoms. The van der Waals surface area contributed by atoms with Crippen LogP contribution in [-0.2, 0) is 14.8 Å². The molecule has 158 valence electrons. The topological polar surface area (TPSA) is 49.9 Å². The SMILES string of the molecule is C=CCN(C)CCCCOC1CCC(N(C)S(=O)(=O)c2ccc(Br)cc2)CC1. The van der Waals surface area contributed by atoms with E-state index in [1.54, 1.807) is 35.6 Å².